The number of halogens is 1. The maximum Gasteiger partial charge on any atom is 0.182 e. The SMILES string of the molecule is Cn1ncc(Cl)c1C(=O)CC1CCOC1. The number of ether oxygens (including phenoxy) is 1. The molecule has 82 valence electrons. The highest BCUT2D eigenvalue weighted by atomic mass is 35.5. The number of carbonyl (C=O) groups excluding carboxylic acids is 1. The van der Waals surface area contributed by atoms with Gasteiger partial charge >= 0.3 is 0 Å². The zero-order chi connectivity index (χ0) is 10.8. The first-order valence-electron chi connectivity index (χ1n) is 4.97. The first kappa shape index (κ1) is 10.6. The van der Waals surface area contributed by atoms with Crippen molar-refractivity contribution < 1.29 is 9.53 Å². The number of carbonyl (C=O) groups is 1. The predicted molar refractivity (Wildman–Crippen MR) is 56.1 cm³/mol. The van der Waals surface area contributed by atoms with Gasteiger partial charge in [-0.25, -0.2) is 0 Å². The van der Waals surface area contributed by atoms with Gasteiger partial charge in [-0.1, -0.05) is 11.6 Å². The molecule has 0 N–H and O–H groups in total. The lowest BCUT2D eigenvalue weighted by Crippen LogP contribution is -2.13. The number of rotatable bonds is 3. The van der Waals surface area contributed by atoms with E-state index in [2.05, 4.69) is 5.10 Å². The molecular formula is C10H13ClN2O2. The Bertz CT molecular complexity index is 350. The van der Waals surface area contributed by atoms with Crippen LogP contribution in [0.1, 0.15) is 23.3 Å². The van der Waals surface area contributed by atoms with Gasteiger partial charge in [0.15, 0.2) is 5.78 Å². The molecule has 0 radical (unpaired) electrons. The highest BCUT2D eigenvalue weighted by Crippen LogP contribution is 2.22. The second-order valence-electron chi connectivity index (χ2n) is 3.82. The molecule has 1 fully saturated rings. The van der Waals surface area contributed by atoms with E-state index in [0.29, 0.717) is 29.7 Å². The van der Waals surface area contributed by atoms with Crippen LogP contribution in [0.4, 0.5) is 0 Å². The summed E-state index contributed by atoms with van der Waals surface area (Å²) < 4.78 is 6.76. The molecule has 0 amide bonds. The van der Waals surface area contributed by atoms with Crippen LogP contribution in [0.5, 0.6) is 0 Å². The Kier molecular flexibility index (Phi) is 3.07. The molecule has 15 heavy (non-hydrogen) atoms. The molecule has 1 unspecified atom stereocenters. The van der Waals surface area contributed by atoms with Gasteiger partial charge in [0.25, 0.3) is 0 Å². The second-order valence-corrected chi connectivity index (χ2v) is 4.23. The van der Waals surface area contributed by atoms with Crippen molar-refractivity contribution in [3.05, 3.63) is 16.9 Å². The van der Waals surface area contributed by atoms with Gasteiger partial charge in [0.05, 0.1) is 11.2 Å². The highest BCUT2D eigenvalue weighted by molar-refractivity contribution is 6.33. The minimum absolute atomic E-state index is 0.0514. The van der Waals surface area contributed by atoms with Crippen LogP contribution < -0.4 is 0 Å². The van der Waals surface area contributed by atoms with E-state index in [1.54, 1.807) is 7.05 Å². The number of hydrogen-bond acceptors (Lipinski definition) is 3. The number of Topliss-reactive ketones (excluding diaryl/α,β-unsaturated/α-hetero) is 1. The van der Waals surface area contributed by atoms with E-state index >= 15 is 0 Å². The van der Waals surface area contributed by atoms with Crippen molar-refractivity contribution >= 4 is 17.4 Å². The van der Waals surface area contributed by atoms with Crippen LogP contribution in [-0.2, 0) is 11.8 Å². The van der Waals surface area contributed by atoms with Crippen molar-refractivity contribution in [1.82, 2.24) is 9.78 Å². The van der Waals surface area contributed by atoms with Crippen LogP contribution in [0, 0.1) is 5.92 Å². The van der Waals surface area contributed by atoms with Crippen LogP contribution in [-0.4, -0.2) is 28.8 Å². The van der Waals surface area contributed by atoms with Crippen molar-refractivity contribution in [3.63, 3.8) is 0 Å². The zero-order valence-corrected chi connectivity index (χ0v) is 9.33. The summed E-state index contributed by atoms with van der Waals surface area (Å²) in [6, 6.07) is 0. The Labute approximate surface area is 93.2 Å². The number of ketones is 1. The van der Waals surface area contributed by atoms with Gasteiger partial charge in [-0.05, 0) is 12.3 Å². The molecule has 2 rings (SSSR count). The van der Waals surface area contributed by atoms with Gasteiger partial charge in [0, 0.05) is 26.7 Å². The van der Waals surface area contributed by atoms with Gasteiger partial charge in [-0.15, -0.1) is 0 Å². The normalized spacial score (nSPS) is 20.8. The fourth-order valence-corrected chi connectivity index (χ4v) is 2.10. The lowest BCUT2D eigenvalue weighted by molar-refractivity contribution is 0.0943. The molecule has 1 aromatic rings. The minimum atomic E-state index is 0.0514. The number of aromatic nitrogens is 2. The number of hydrogen-bond donors (Lipinski definition) is 0. The summed E-state index contributed by atoms with van der Waals surface area (Å²) in [5.41, 5.74) is 0.503. The summed E-state index contributed by atoms with van der Waals surface area (Å²) in [5.74, 6) is 0.388. The first-order valence-corrected chi connectivity index (χ1v) is 5.34. The van der Waals surface area contributed by atoms with E-state index in [4.69, 9.17) is 16.3 Å². The van der Waals surface area contributed by atoms with E-state index in [-0.39, 0.29) is 5.78 Å². The quantitative estimate of drug-likeness (QED) is 0.740. The molecule has 0 aromatic carbocycles. The first-order chi connectivity index (χ1) is 7.18. The van der Waals surface area contributed by atoms with Crippen molar-refractivity contribution in [1.29, 1.82) is 0 Å². The van der Waals surface area contributed by atoms with Crippen molar-refractivity contribution in [2.75, 3.05) is 13.2 Å². The third-order valence-corrected chi connectivity index (χ3v) is 2.93. The summed E-state index contributed by atoms with van der Waals surface area (Å²) in [7, 11) is 1.73. The number of nitrogens with zero attached hydrogens (tertiary/aromatic N) is 2. The van der Waals surface area contributed by atoms with Crippen LogP contribution in [0.25, 0.3) is 0 Å². The van der Waals surface area contributed by atoms with Crippen molar-refractivity contribution in [2.24, 2.45) is 13.0 Å². The van der Waals surface area contributed by atoms with E-state index < -0.39 is 0 Å². The Hall–Kier alpha value is -0.870. The topological polar surface area (TPSA) is 44.1 Å². The van der Waals surface area contributed by atoms with Crippen LogP contribution >= 0.6 is 11.6 Å². The lowest BCUT2D eigenvalue weighted by Gasteiger charge is -2.06. The van der Waals surface area contributed by atoms with Crippen molar-refractivity contribution in [3.8, 4) is 0 Å². The molecule has 0 spiro atoms. The average molecular weight is 229 g/mol. The minimum Gasteiger partial charge on any atom is -0.381 e. The lowest BCUT2D eigenvalue weighted by atomic mass is 10.0. The fraction of sp³-hybridized carbons (Fsp3) is 0.600. The van der Waals surface area contributed by atoms with Gasteiger partial charge in [0.2, 0.25) is 0 Å². The van der Waals surface area contributed by atoms with Gasteiger partial charge in [-0.2, -0.15) is 5.10 Å². The largest absolute Gasteiger partial charge is 0.381 e. The Morgan fingerprint density at radius 2 is 2.60 bits per heavy atom. The molecule has 1 saturated heterocycles. The zero-order valence-electron chi connectivity index (χ0n) is 8.57. The standard InChI is InChI=1S/C10H13ClN2O2/c1-13-10(8(11)5-12-13)9(14)4-7-2-3-15-6-7/h5,7H,2-4,6H2,1H3. The summed E-state index contributed by atoms with van der Waals surface area (Å²) in [6.45, 7) is 1.44. The molecule has 1 aliphatic rings. The maximum atomic E-state index is 11.9. The van der Waals surface area contributed by atoms with Gasteiger partial charge < -0.3 is 4.74 Å². The summed E-state index contributed by atoms with van der Waals surface area (Å²) in [6.07, 6.45) is 2.96. The molecule has 0 bridgehead atoms. The Morgan fingerprint density at radius 1 is 1.80 bits per heavy atom. The third kappa shape index (κ3) is 2.21. The van der Waals surface area contributed by atoms with E-state index in [9.17, 15) is 4.79 Å². The Balaban J connectivity index is 2.07. The molecule has 0 saturated carbocycles. The monoisotopic (exact) mass is 228 g/mol. The average Bonchev–Trinajstić information content (AvgIpc) is 2.77. The summed E-state index contributed by atoms with van der Waals surface area (Å²) >= 11 is 5.89. The number of aryl methyl sites for hydroxylation is 1. The van der Waals surface area contributed by atoms with Gasteiger partial charge in [-0.3, -0.25) is 9.48 Å². The second kappa shape index (κ2) is 4.33. The third-order valence-electron chi connectivity index (χ3n) is 2.66. The van der Waals surface area contributed by atoms with Gasteiger partial charge in [0.1, 0.15) is 5.69 Å². The smallest absolute Gasteiger partial charge is 0.182 e. The van der Waals surface area contributed by atoms with Crippen LogP contribution in [0.2, 0.25) is 5.02 Å². The highest BCUT2D eigenvalue weighted by Gasteiger charge is 2.23. The Morgan fingerprint density at radius 3 is 3.13 bits per heavy atom. The van der Waals surface area contributed by atoms with E-state index in [1.807, 2.05) is 0 Å². The molecule has 4 nitrogen and oxygen atoms in total. The molecule has 1 atom stereocenters. The molecular weight excluding hydrogens is 216 g/mol. The van der Waals surface area contributed by atoms with Crippen LogP contribution in [0.15, 0.2) is 6.20 Å². The maximum absolute atomic E-state index is 11.9. The van der Waals surface area contributed by atoms with Crippen molar-refractivity contribution in [2.45, 2.75) is 12.8 Å². The molecule has 0 aliphatic carbocycles. The summed E-state index contributed by atoms with van der Waals surface area (Å²) in [4.78, 5) is 11.9. The van der Waals surface area contributed by atoms with Crippen LogP contribution in [0.3, 0.4) is 0 Å². The molecule has 5 heteroatoms. The van der Waals surface area contributed by atoms with E-state index in [0.717, 1.165) is 13.0 Å². The fourth-order valence-electron chi connectivity index (χ4n) is 1.83. The van der Waals surface area contributed by atoms with E-state index in [1.165, 1.54) is 10.9 Å². The summed E-state index contributed by atoms with van der Waals surface area (Å²) in [5, 5.41) is 4.38. The molecule has 1 aromatic heterocycles. The molecule has 1 aliphatic heterocycles. The predicted octanol–water partition coefficient (Wildman–Crippen LogP) is 1.68. The molecule has 2 heterocycles.